The molecule has 1 aromatic carbocycles. The molecule has 0 saturated carbocycles. The summed E-state index contributed by atoms with van der Waals surface area (Å²) in [5.74, 6) is 0. The predicted molar refractivity (Wildman–Crippen MR) is 61.8 cm³/mol. The molecule has 0 fully saturated rings. The van der Waals surface area contributed by atoms with Crippen LogP contribution in [-0.2, 0) is 6.42 Å². The van der Waals surface area contributed by atoms with E-state index in [2.05, 4.69) is 6.92 Å². The van der Waals surface area contributed by atoms with Crippen molar-refractivity contribution in [2.24, 2.45) is 0 Å². The van der Waals surface area contributed by atoms with Gasteiger partial charge in [-0.05, 0) is 24.1 Å². The second kappa shape index (κ2) is 7.23. The average Bonchev–Trinajstić information content (AvgIpc) is 2.15. The van der Waals surface area contributed by atoms with Crippen LogP contribution in [-0.4, -0.2) is 0 Å². The minimum Gasteiger partial charge on any atom is -0.0827 e. The molecule has 0 saturated heterocycles. The number of benzene rings is 1. The van der Waals surface area contributed by atoms with Crippen LogP contribution in [0.5, 0.6) is 0 Å². The zero-order valence-corrected chi connectivity index (χ0v) is 9.91. The van der Waals surface area contributed by atoms with Crippen molar-refractivity contribution in [2.45, 2.75) is 33.6 Å². The second-order valence-corrected chi connectivity index (χ2v) is 3.31. The van der Waals surface area contributed by atoms with Gasteiger partial charge >= 0.3 is 0 Å². The molecule has 0 atom stereocenters. The molecular weight excluding hydrogens is 203 g/mol. The van der Waals surface area contributed by atoms with Gasteiger partial charge in [0.05, 0.1) is 10.0 Å². The van der Waals surface area contributed by atoms with Gasteiger partial charge in [-0.3, -0.25) is 0 Å². The number of hydrogen-bond acceptors (Lipinski definition) is 0. The Morgan fingerprint density at radius 3 is 2.15 bits per heavy atom. The van der Waals surface area contributed by atoms with Crippen LogP contribution >= 0.6 is 23.2 Å². The van der Waals surface area contributed by atoms with E-state index in [0.717, 1.165) is 12.8 Å². The van der Waals surface area contributed by atoms with E-state index in [1.165, 1.54) is 5.56 Å². The Morgan fingerprint density at radius 1 is 1.08 bits per heavy atom. The number of hydrogen-bond donors (Lipinski definition) is 0. The molecule has 74 valence electrons. The zero-order valence-electron chi connectivity index (χ0n) is 8.40. The Kier molecular flexibility index (Phi) is 7.12. The normalized spacial score (nSPS) is 9.00. The molecule has 0 heterocycles. The predicted octanol–water partition coefficient (Wildman–Crippen LogP) is 4.97. The van der Waals surface area contributed by atoms with Crippen LogP contribution in [0.15, 0.2) is 18.2 Å². The van der Waals surface area contributed by atoms with Gasteiger partial charge in [0.1, 0.15) is 0 Å². The highest BCUT2D eigenvalue weighted by molar-refractivity contribution is 6.41. The molecule has 13 heavy (non-hydrogen) atoms. The summed E-state index contributed by atoms with van der Waals surface area (Å²) in [4.78, 5) is 0. The molecule has 0 unspecified atom stereocenters. The van der Waals surface area contributed by atoms with Gasteiger partial charge in [-0.15, -0.1) is 0 Å². The molecule has 0 bridgehead atoms. The smallest absolute Gasteiger partial charge is 0.0595 e. The summed E-state index contributed by atoms with van der Waals surface area (Å²) in [6.07, 6.45) is 2.20. The summed E-state index contributed by atoms with van der Waals surface area (Å²) < 4.78 is 0. The molecule has 0 spiro atoms. The van der Waals surface area contributed by atoms with Crippen molar-refractivity contribution < 1.29 is 0 Å². The minimum absolute atomic E-state index is 0.631. The maximum absolute atomic E-state index is 5.82. The molecule has 0 radical (unpaired) electrons. The lowest BCUT2D eigenvalue weighted by Gasteiger charge is -1.99. The Morgan fingerprint density at radius 2 is 1.69 bits per heavy atom. The summed E-state index contributed by atoms with van der Waals surface area (Å²) in [5, 5.41) is 1.28. The number of aryl methyl sites for hydroxylation is 1. The molecule has 2 heteroatoms. The van der Waals surface area contributed by atoms with E-state index in [1.807, 2.05) is 32.0 Å². The van der Waals surface area contributed by atoms with Crippen molar-refractivity contribution in [3.63, 3.8) is 0 Å². The van der Waals surface area contributed by atoms with Crippen molar-refractivity contribution in [1.82, 2.24) is 0 Å². The number of halogens is 2. The Hall–Kier alpha value is -0.200. The third kappa shape index (κ3) is 4.54. The first-order valence-electron chi connectivity index (χ1n) is 4.68. The summed E-state index contributed by atoms with van der Waals surface area (Å²) in [6, 6.07) is 5.78. The first-order valence-corrected chi connectivity index (χ1v) is 5.43. The summed E-state index contributed by atoms with van der Waals surface area (Å²) in [7, 11) is 0. The van der Waals surface area contributed by atoms with Crippen LogP contribution in [0.4, 0.5) is 0 Å². The van der Waals surface area contributed by atoms with Crippen LogP contribution in [0, 0.1) is 0 Å². The maximum atomic E-state index is 5.82. The molecule has 0 aliphatic carbocycles. The van der Waals surface area contributed by atoms with Crippen LogP contribution in [0.25, 0.3) is 0 Å². The molecule has 0 N–H and O–H groups in total. The van der Waals surface area contributed by atoms with Gasteiger partial charge in [0.15, 0.2) is 0 Å². The van der Waals surface area contributed by atoms with E-state index in [0.29, 0.717) is 10.0 Å². The van der Waals surface area contributed by atoms with Gasteiger partial charge in [-0.1, -0.05) is 56.5 Å². The standard InChI is InChI=1S/C9H10Cl2.C2H6/c1-2-3-7-4-5-8(10)9(11)6-7;1-2/h4-6H,2-3H2,1H3;1-2H3. The molecule has 1 rings (SSSR count). The van der Waals surface area contributed by atoms with Crippen molar-refractivity contribution in [3.8, 4) is 0 Å². The Balaban J connectivity index is 0.000000671. The lowest BCUT2D eigenvalue weighted by molar-refractivity contribution is 0.922. The summed E-state index contributed by atoms with van der Waals surface area (Å²) in [5.41, 5.74) is 1.25. The molecule has 0 aromatic heterocycles. The van der Waals surface area contributed by atoms with Crippen LogP contribution < -0.4 is 0 Å². The first-order chi connectivity index (χ1) is 6.24. The highest BCUT2D eigenvalue weighted by Crippen LogP contribution is 2.22. The van der Waals surface area contributed by atoms with Crippen LogP contribution in [0.2, 0.25) is 10.0 Å². The van der Waals surface area contributed by atoms with Gasteiger partial charge < -0.3 is 0 Å². The van der Waals surface area contributed by atoms with Crippen molar-refractivity contribution in [3.05, 3.63) is 33.8 Å². The summed E-state index contributed by atoms with van der Waals surface area (Å²) in [6.45, 7) is 6.14. The van der Waals surface area contributed by atoms with Crippen LogP contribution in [0.3, 0.4) is 0 Å². The van der Waals surface area contributed by atoms with Crippen molar-refractivity contribution >= 4 is 23.2 Å². The lowest BCUT2D eigenvalue weighted by atomic mass is 10.1. The fraction of sp³-hybridized carbons (Fsp3) is 0.455. The average molecular weight is 219 g/mol. The van der Waals surface area contributed by atoms with E-state index in [4.69, 9.17) is 23.2 Å². The molecular formula is C11H16Cl2. The van der Waals surface area contributed by atoms with Gasteiger partial charge in [0.25, 0.3) is 0 Å². The molecule has 1 aromatic rings. The molecule has 0 amide bonds. The van der Waals surface area contributed by atoms with Gasteiger partial charge in [0.2, 0.25) is 0 Å². The SMILES string of the molecule is CC.CCCc1ccc(Cl)c(Cl)c1. The quantitative estimate of drug-likeness (QED) is 0.658. The van der Waals surface area contributed by atoms with Crippen molar-refractivity contribution in [2.75, 3.05) is 0 Å². The second-order valence-electron chi connectivity index (χ2n) is 2.50. The molecule has 0 aliphatic heterocycles. The number of rotatable bonds is 2. The van der Waals surface area contributed by atoms with Gasteiger partial charge in [-0.2, -0.15) is 0 Å². The Bertz CT molecular complexity index is 244. The minimum atomic E-state index is 0.631. The van der Waals surface area contributed by atoms with E-state index >= 15 is 0 Å². The van der Waals surface area contributed by atoms with Crippen LogP contribution in [0.1, 0.15) is 32.8 Å². The van der Waals surface area contributed by atoms with E-state index < -0.39 is 0 Å². The van der Waals surface area contributed by atoms with Crippen molar-refractivity contribution in [1.29, 1.82) is 0 Å². The van der Waals surface area contributed by atoms with E-state index in [9.17, 15) is 0 Å². The monoisotopic (exact) mass is 218 g/mol. The fourth-order valence-electron chi connectivity index (χ4n) is 0.984. The Labute approximate surface area is 90.9 Å². The largest absolute Gasteiger partial charge is 0.0827 e. The van der Waals surface area contributed by atoms with Gasteiger partial charge in [-0.25, -0.2) is 0 Å². The third-order valence-corrected chi connectivity index (χ3v) is 2.26. The molecule has 0 nitrogen and oxygen atoms in total. The van der Waals surface area contributed by atoms with E-state index in [-0.39, 0.29) is 0 Å². The maximum Gasteiger partial charge on any atom is 0.0595 e. The highest BCUT2D eigenvalue weighted by Gasteiger charge is 1.97. The zero-order chi connectivity index (χ0) is 10.3. The third-order valence-electron chi connectivity index (χ3n) is 1.52. The van der Waals surface area contributed by atoms with E-state index in [1.54, 1.807) is 0 Å². The summed E-state index contributed by atoms with van der Waals surface area (Å²) >= 11 is 11.6. The fourth-order valence-corrected chi connectivity index (χ4v) is 1.30. The van der Waals surface area contributed by atoms with Gasteiger partial charge in [0, 0.05) is 0 Å². The molecule has 0 aliphatic rings. The highest BCUT2D eigenvalue weighted by atomic mass is 35.5. The lowest BCUT2D eigenvalue weighted by Crippen LogP contribution is -1.81. The first kappa shape index (κ1) is 12.8. The topological polar surface area (TPSA) is 0 Å².